The van der Waals surface area contributed by atoms with Gasteiger partial charge in [0.15, 0.2) is 0 Å². The highest BCUT2D eigenvalue weighted by Crippen LogP contribution is 2.24. The van der Waals surface area contributed by atoms with Gasteiger partial charge in [-0.2, -0.15) is 0 Å². The highest BCUT2D eigenvalue weighted by atomic mass is 16.5. The van der Waals surface area contributed by atoms with Gasteiger partial charge in [0.2, 0.25) is 5.91 Å². The van der Waals surface area contributed by atoms with Gasteiger partial charge in [-0.3, -0.25) is 10.1 Å². The van der Waals surface area contributed by atoms with E-state index < -0.39 is 12.1 Å². The van der Waals surface area contributed by atoms with Crippen molar-refractivity contribution in [3.63, 3.8) is 0 Å². The lowest BCUT2D eigenvalue weighted by Crippen LogP contribution is -2.32. The fourth-order valence-corrected chi connectivity index (χ4v) is 2.70. The smallest absolute Gasteiger partial charge is 0.411 e. The van der Waals surface area contributed by atoms with Crippen LogP contribution in [0.2, 0.25) is 0 Å². The first-order valence-corrected chi connectivity index (χ1v) is 8.99. The molecule has 0 aliphatic heterocycles. The molecule has 0 saturated heterocycles. The summed E-state index contributed by atoms with van der Waals surface area (Å²) in [6.07, 6.45) is -0.501. The van der Waals surface area contributed by atoms with E-state index in [2.05, 4.69) is 16.0 Å². The van der Waals surface area contributed by atoms with E-state index in [9.17, 15) is 9.59 Å². The van der Waals surface area contributed by atoms with Gasteiger partial charge in [-0.25, -0.2) is 4.79 Å². The number of carbonyl (C=O) groups is 2. The Kier molecular flexibility index (Phi) is 6.82. The molecule has 2 amide bonds. The number of ether oxygens (including phenoxy) is 1. The molecular formula is C21H27N3O3. The number of rotatable bonds is 6. The van der Waals surface area contributed by atoms with E-state index in [4.69, 9.17) is 4.74 Å². The zero-order chi connectivity index (χ0) is 20.0. The van der Waals surface area contributed by atoms with Crippen molar-refractivity contribution >= 4 is 29.1 Å². The van der Waals surface area contributed by atoms with Crippen molar-refractivity contribution in [3.05, 3.63) is 53.1 Å². The number of hydrogen-bond donors (Lipinski definition) is 3. The van der Waals surface area contributed by atoms with Gasteiger partial charge in [-0.1, -0.05) is 23.8 Å². The number of carbonyl (C=O) groups excluding carboxylic acids is 2. The molecule has 0 bridgehead atoms. The molecular weight excluding hydrogens is 342 g/mol. The third-order valence-corrected chi connectivity index (χ3v) is 4.25. The molecule has 144 valence electrons. The molecule has 0 unspecified atom stereocenters. The van der Waals surface area contributed by atoms with Crippen molar-refractivity contribution < 1.29 is 14.3 Å². The molecule has 0 heterocycles. The predicted molar refractivity (Wildman–Crippen MR) is 109 cm³/mol. The summed E-state index contributed by atoms with van der Waals surface area (Å²) >= 11 is 0. The van der Waals surface area contributed by atoms with Crippen LogP contribution >= 0.6 is 0 Å². The zero-order valence-electron chi connectivity index (χ0n) is 16.5. The van der Waals surface area contributed by atoms with Gasteiger partial charge in [0.1, 0.15) is 6.04 Å². The molecule has 6 heteroatoms. The van der Waals surface area contributed by atoms with Crippen LogP contribution in [0.15, 0.2) is 36.4 Å². The van der Waals surface area contributed by atoms with Gasteiger partial charge in [0.05, 0.1) is 6.61 Å². The molecule has 0 fully saturated rings. The molecule has 0 radical (unpaired) electrons. The van der Waals surface area contributed by atoms with E-state index in [1.54, 1.807) is 19.9 Å². The summed E-state index contributed by atoms with van der Waals surface area (Å²) in [7, 11) is 0. The standard InChI is InChI=1S/C21H27N3O3/c1-6-27-21(26)24-19-9-7-8-18(15(19)4)22-16(5)20(25)23-17-11-10-13(2)12-14(17)3/h7-12,16,22H,6H2,1-5H3,(H,23,25)(H,24,26)/t16-/m1/s1. The number of benzene rings is 2. The number of aryl methyl sites for hydroxylation is 2. The maximum atomic E-state index is 12.5. The molecule has 0 saturated carbocycles. The van der Waals surface area contributed by atoms with Crippen LogP contribution in [0.25, 0.3) is 0 Å². The van der Waals surface area contributed by atoms with Crippen LogP contribution in [0.1, 0.15) is 30.5 Å². The van der Waals surface area contributed by atoms with Gasteiger partial charge in [-0.15, -0.1) is 0 Å². The lowest BCUT2D eigenvalue weighted by Gasteiger charge is -2.19. The van der Waals surface area contributed by atoms with E-state index in [1.807, 2.05) is 51.1 Å². The van der Waals surface area contributed by atoms with E-state index in [-0.39, 0.29) is 5.91 Å². The fraction of sp³-hybridized carbons (Fsp3) is 0.333. The monoisotopic (exact) mass is 369 g/mol. The molecule has 1 atom stereocenters. The number of nitrogens with one attached hydrogen (secondary N) is 3. The second kappa shape index (κ2) is 9.07. The summed E-state index contributed by atoms with van der Waals surface area (Å²) in [5.74, 6) is -0.134. The summed E-state index contributed by atoms with van der Waals surface area (Å²) in [6, 6.07) is 10.9. The maximum absolute atomic E-state index is 12.5. The van der Waals surface area contributed by atoms with Crippen molar-refractivity contribution in [1.29, 1.82) is 0 Å². The van der Waals surface area contributed by atoms with Crippen LogP contribution in [-0.2, 0) is 9.53 Å². The zero-order valence-corrected chi connectivity index (χ0v) is 16.5. The van der Waals surface area contributed by atoms with Gasteiger partial charge in [-0.05, 0) is 63.9 Å². The van der Waals surface area contributed by atoms with Gasteiger partial charge in [0, 0.05) is 17.1 Å². The first-order chi connectivity index (χ1) is 12.8. The van der Waals surface area contributed by atoms with Gasteiger partial charge in [0.25, 0.3) is 0 Å². The summed E-state index contributed by atoms with van der Waals surface area (Å²) < 4.78 is 4.91. The molecule has 27 heavy (non-hydrogen) atoms. The lowest BCUT2D eigenvalue weighted by atomic mass is 10.1. The number of hydrogen-bond acceptors (Lipinski definition) is 4. The summed E-state index contributed by atoms with van der Waals surface area (Å²) in [4.78, 5) is 24.2. The molecule has 0 aliphatic rings. The Labute approximate surface area is 160 Å². The third kappa shape index (κ3) is 5.48. The highest BCUT2D eigenvalue weighted by Gasteiger charge is 2.16. The number of anilines is 3. The van der Waals surface area contributed by atoms with Crippen LogP contribution < -0.4 is 16.0 Å². The average molecular weight is 369 g/mol. The SMILES string of the molecule is CCOC(=O)Nc1cccc(N[C@H](C)C(=O)Nc2ccc(C)cc2C)c1C. The minimum atomic E-state index is -0.501. The number of amides is 2. The van der Waals surface area contributed by atoms with Crippen LogP contribution in [0.4, 0.5) is 21.9 Å². The Balaban J connectivity index is 2.07. The first-order valence-electron chi connectivity index (χ1n) is 8.99. The van der Waals surface area contributed by atoms with Gasteiger partial charge >= 0.3 is 6.09 Å². The summed E-state index contributed by atoms with van der Waals surface area (Å²) in [6.45, 7) is 9.71. The topological polar surface area (TPSA) is 79.5 Å². The van der Waals surface area contributed by atoms with E-state index in [1.165, 1.54) is 0 Å². The van der Waals surface area contributed by atoms with Crippen LogP contribution in [-0.4, -0.2) is 24.6 Å². The Morgan fingerprint density at radius 3 is 2.37 bits per heavy atom. The Morgan fingerprint density at radius 1 is 1.00 bits per heavy atom. The minimum absolute atomic E-state index is 0.134. The molecule has 0 aliphatic carbocycles. The summed E-state index contributed by atoms with van der Waals surface area (Å²) in [5, 5.41) is 8.86. The Morgan fingerprint density at radius 2 is 1.70 bits per heavy atom. The van der Waals surface area contributed by atoms with Crippen molar-refractivity contribution in [3.8, 4) is 0 Å². The first kappa shape index (κ1) is 20.3. The minimum Gasteiger partial charge on any atom is -0.450 e. The predicted octanol–water partition coefficient (Wildman–Crippen LogP) is 4.62. The quantitative estimate of drug-likeness (QED) is 0.694. The van der Waals surface area contributed by atoms with E-state index in [0.29, 0.717) is 12.3 Å². The fourth-order valence-electron chi connectivity index (χ4n) is 2.70. The van der Waals surface area contributed by atoms with Crippen LogP contribution in [0.3, 0.4) is 0 Å². The lowest BCUT2D eigenvalue weighted by molar-refractivity contribution is -0.116. The van der Waals surface area contributed by atoms with E-state index >= 15 is 0 Å². The summed E-state index contributed by atoms with van der Waals surface area (Å²) in [5.41, 5.74) is 5.21. The second-order valence-electron chi connectivity index (χ2n) is 6.50. The Hall–Kier alpha value is -3.02. The largest absolute Gasteiger partial charge is 0.450 e. The molecule has 0 aromatic heterocycles. The molecule has 0 spiro atoms. The molecule has 2 aromatic rings. The van der Waals surface area contributed by atoms with E-state index in [0.717, 1.165) is 28.1 Å². The Bertz CT molecular complexity index is 833. The molecule has 3 N–H and O–H groups in total. The van der Waals surface area contributed by atoms with Crippen molar-refractivity contribution in [2.45, 2.75) is 40.7 Å². The third-order valence-electron chi connectivity index (χ3n) is 4.25. The molecule has 2 rings (SSSR count). The van der Waals surface area contributed by atoms with Crippen LogP contribution in [0.5, 0.6) is 0 Å². The molecule has 6 nitrogen and oxygen atoms in total. The van der Waals surface area contributed by atoms with Crippen LogP contribution in [0, 0.1) is 20.8 Å². The maximum Gasteiger partial charge on any atom is 0.411 e. The van der Waals surface area contributed by atoms with Crippen molar-refractivity contribution in [2.24, 2.45) is 0 Å². The highest BCUT2D eigenvalue weighted by molar-refractivity contribution is 5.97. The van der Waals surface area contributed by atoms with Gasteiger partial charge < -0.3 is 15.4 Å². The normalized spacial score (nSPS) is 11.4. The molecule has 2 aromatic carbocycles. The average Bonchev–Trinajstić information content (AvgIpc) is 2.61. The second-order valence-corrected chi connectivity index (χ2v) is 6.50. The van der Waals surface area contributed by atoms with Crippen molar-refractivity contribution in [2.75, 3.05) is 22.6 Å². The van der Waals surface area contributed by atoms with Crippen molar-refractivity contribution in [1.82, 2.24) is 0 Å².